The SMILES string of the molecule is COCC(=O)NCC1CCCN1c1nc2ccccc2o1. The number of benzene rings is 1. The van der Waals surface area contributed by atoms with Gasteiger partial charge in [0, 0.05) is 20.2 Å². The van der Waals surface area contributed by atoms with Crippen molar-refractivity contribution in [1.29, 1.82) is 0 Å². The molecule has 1 aliphatic heterocycles. The normalized spacial score (nSPS) is 18.3. The summed E-state index contributed by atoms with van der Waals surface area (Å²) in [7, 11) is 1.51. The molecule has 0 saturated carbocycles. The van der Waals surface area contributed by atoms with E-state index in [1.807, 2.05) is 24.3 Å². The van der Waals surface area contributed by atoms with Crippen molar-refractivity contribution in [3.8, 4) is 0 Å². The zero-order chi connectivity index (χ0) is 14.7. The number of aromatic nitrogens is 1. The Kier molecular flexibility index (Phi) is 4.06. The van der Waals surface area contributed by atoms with Gasteiger partial charge in [-0.3, -0.25) is 4.79 Å². The maximum Gasteiger partial charge on any atom is 0.298 e. The van der Waals surface area contributed by atoms with Crippen molar-refractivity contribution < 1.29 is 13.9 Å². The number of anilines is 1. The van der Waals surface area contributed by atoms with Gasteiger partial charge in [0.15, 0.2) is 5.58 Å². The highest BCUT2D eigenvalue weighted by Gasteiger charge is 2.28. The van der Waals surface area contributed by atoms with Crippen LogP contribution in [0.4, 0.5) is 6.01 Å². The van der Waals surface area contributed by atoms with Gasteiger partial charge in [-0.05, 0) is 25.0 Å². The molecule has 2 aromatic rings. The third-order valence-electron chi connectivity index (χ3n) is 3.72. The number of carbonyl (C=O) groups is 1. The Bertz CT molecular complexity index is 592. The van der Waals surface area contributed by atoms with Gasteiger partial charge in [-0.1, -0.05) is 12.1 Å². The molecule has 1 aliphatic rings. The molecule has 6 heteroatoms. The number of ether oxygens (including phenoxy) is 1. The molecule has 0 aliphatic carbocycles. The molecule has 0 radical (unpaired) electrons. The maximum absolute atomic E-state index is 11.5. The number of methoxy groups -OCH3 is 1. The lowest BCUT2D eigenvalue weighted by Gasteiger charge is -2.22. The zero-order valence-corrected chi connectivity index (χ0v) is 12.0. The summed E-state index contributed by atoms with van der Waals surface area (Å²) in [5.41, 5.74) is 1.66. The monoisotopic (exact) mass is 289 g/mol. The molecule has 112 valence electrons. The molecule has 1 saturated heterocycles. The van der Waals surface area contributed by atoms with Crippen LogP contribution in [0.1, 0.15) is 12.8 Å². The molecule has 2 heterocycles. The van der Waals surface area contributed by atoms with Crippen molar-refractivity contribution in [2.45, 2.75) is 18.9 Å². The predicted octanol–water partition coefficient (Wildman–Crippen LogP) is 1.56. The van der Waals surface area contributed by atoms with Gasteiger partial charge in [0.1, 0.15) is 12.1 Å². The van der Waals surface area contributed by atoms with Gasteiger partial charge < -0.3 is 19.4 Å². The Labute approximate surface area is 123 Å². The fraction of sp³-hybridized carbons (Fsp3) is 0.467. The molecular weight excluding hydrogens is 270 g/mol. The summed E-state index contributed by atoms with van der Waals surface area (Å²) in [4.78, 5) is 18.2. The maximum atomic E-state index is 11.5. The van der Waals surface area contributed by atoms with E-state index in [4.69, 9.17) is 9.15 Å². The molecule has 21 heavy (non-hydrogen) atoms. The lowest BCUT2D eigenvalue weighted by Crippen LogP contribution is -2.41. The van der Waals surface area contributed by atoms with Crippen molar-refractivity contribution in [1.82, 2.24) is 10.3 Å². The summed E-state index contributed by atoms with van der Waals surface area (Å²) in [5.74, 6) is -0.0954. The third-order valence-corrected chi connectivity index (χ3v) is 3.72. The van der Waals surface area contributed by atoms with Gasteiger partial charge in [0.2, 0.25) is 5.91 Å². The van der Waals surface area contributed by atoms with Crippen molar-refractivity contribution in [3.05, 3.63) is 24.3 Å². The van der Waals surface area contributed by atoms with E-state index < -0.39 is 0 Å². The number of nitrogens with zero attached hydrogens (tertiary/aromatic N) is 2. The van der Waals surface area contributed by atoms with Gasteiger partial charge in [-0.25, -0.2) is 0 Å². The van der Waals surface area contributed by atoms with E-state index in [0.717, 1.165) is 30.5 Å². The Morgan fingerprint density at radius 3 is 3.19 bits per heavy atom. The van der Waals surface area contributed by atoms with Crippen LogP contribution < -0.4 is 10.2 Å². The lowest BCUT2D eigenvalue weighted by atomic mass is 10.2. The van der Waals surface area contributed by atoms with Crippen molar-refractivity contribution >= 4 is 23.0 Å². The van der Waals surface area contributed by atoms with Gasteiger partial charge in [0.25, 0.3) is 6.01 Å². The summed E-state index contributed by atoms with van der Waals surface area (Å²) in [5, 5.41) is 2.88. The fourth-order valence-electron chi connectivity index (χ4n) is 2.70. The first-order valence-electron chi connectivity index (χ1n) is 7.16. The summed E-state index contributed by atoms with van der Waals surface area (Å²) in [6.07, 6.45) is 2.09. The van der Waals surface area contributed by atoms with Crippen LogP contribution in [0.15, 0.2) is 28.7 Å². The summed E-state index contributed by atoms with van der Waals surface area (Å²) >= 11 is 0. The number of amides is 1. The Morgan fingerprint density at radius 1 is 1.52 bits per heavy atom. The van der Waals surface area contributed by atoms with Gasteiger partial charge >= 0.3 is 0 Å². The number of nitrogens with one attached hydrogen (secondary N) is 1. The second-order valence-corrected chi connectivity index (χ2v) is 5.19. The van der Waals surface area contributed by atoms with Gasteiger partial charge in [0.05, 0.1) is 6.04 Å². The first kappa shape index (κ1) is 13.9. The molecule has 1 aromatic heterocycles. The standard InChI is InChI=1S/C15H19N3O3/c1-20-10-14(19)16-9-11-5-4-8-18(11)15-17-12-6-2-3-7-13(12)21-15/h2-3,6-7,11H,4-5,8-10H2,1H3,(H,16,19). The average Bonchev–Trinajstić information content (AvgIpc) is 3.11. The molecule has 3 rings (SSSR count). The zero-order valence-electron chi connectivity index (χ0n) is 12.0. The Hall–Kier alpha value is -2.08. The van der Waals surface area contributed by atoms with Crippen LogP contribution in [-0.2, 0) is 9.53 Å². The minimum absolute atomic E-state index is 0.0929. The second kappa shape index (κ2) is 6.13. The first-order valence-corrected chi connectivity index (χ1v) is 7.16. The van der Waals surface area contributed by atoms with E-state index >= 15 is 0 Å². The molecule has 1 atom stereocenters. The highest BCUT2D eigenvalue weighted by Crippen LogP contribution is 2.27. The number of rotatable bonds is 5. The quantitative estimate of drug-likeness (QED) is 0.904. The predicted molar refractivity (Wildman–Crippen MR) is 79.3 cm³/mol. The minimum Gasteiger partial charge on any atom is -0.423 e. The summed E-state index contributed by atoms with van der Waals surface area (Å²) in [6.45, 7) is 1.58. The van der Waals surface area contributed by atoms with Crippen LogP contribution in [0.5, 0.6) is 0 Å². The molecule has 0 bridgehead atoms. The number of oxazole rings is 1. The molecule has 1 unspecified atom stereocenters. The highest BCUT2D eigenvalue weighted by molar-refractivity contribution is 5.77. The number of carbonyl (C=O) groups excluding carboxylic acids is 1. The van der Waals surface area contributed by atoms with E-state index in [0.29, 0.717) is 12.6 Å². The van der Waals surface area contributed by atoms with E-state index in [9.17, 15) is 4.79 Å². The van der Waals surface area contributed by atoms with E-state index in [2.05, 4.69) is 15.2 Å². The largest absolute Gasteiger partial charge is 0.423 e. The fourth-order valence-corrected chi connectivity index (χ4v) is 2.70. The van der Waals surface area contributed by atoms with Gasteiger partial charge in [-0.2, -0.15) is 4.98 Å². The van der Waals surface area contributed by atoms with E-state index in [1.54, 1.807) is 0 Å². The van der Waals surface area contributed by atoms with Crippen LogP contribution >= 0.6 is 0 Å². The van der Waals surface area contributed by atoms with Crippen LogP contribution in [0.25, 0.3) is 11.1 Å². The van der Waals surface area contributed by atoms with Crippen LogP contribution in [0.3, 0.4) is 0 Å². The molecule has 1 amide bonds. The molecule has 0 spiro atoms. The van der Waals surface area contributed by atoms with E-state index in [1.165, 1.54) is 7.11 Å². The molecule has 1 fully saturated rings. The Morgan fingerprint density at radius 2 is 2.38 bits per heavy atom. The number of hydrogen-bond acceptors (Lipinski definition) is 5. The molecule has 1 N–H and O–H groups in total. The smallest absolute Gasteiger partial charge is 0.298 e. The topological polar surface area (TPSA) is 67.6 Å². The first-order chi connectivity index (χ1) is 10.3. The van der Waals surface area contributed by atoms with Crippen LogP contribution in [0, 0.1) is 0 Å². The van der Waals surface area contributed by atoms with Crippen molar-refractivity contribution in [2.75, 3.05) is 31.7 Å². The third kappa shape index (κ3) is 3.00. The van der Waals surface area contributed by atoms with E-state index in [-0.39, 0.29) is 18.6 Å². The Balaban J connectivity index is 1.70. The lowest BCUT2D eigenvalue weighted by molar-refractivity contribution is -0.124. The number of para-hydroxylation sites is 2. The van der Waals surface area contributed by atoms with Crippen molar-refractivity contribution in [3.63, 3.8) is 0 Å². The number of hydrogen-bond donors (Lipinski definition) is 1. The molecular formula is C15H19N3O3. The molecule has 6 nitrogen and oxygen atoms in total. The number of fused-ring (bicyclic) bond motifs is 1. The average molecular weight is 289 g/mol. The summed E-state index contributed by atoms with van der Waals surface area (Å²) in [6, 6.07) is 8.59. The highest BCUT2D eigenvalue weighted by atomic mass is 16.5. The van der Waals surface area contributed by atoms with Crippen molar-refractivity contribution in [2.24, 2.45) is 0 Å². The van der Waals surface area contributed by atoms with Crippen LogP contribution in [0.2, 0.25) is 0 Å². The minimum atomic E-state index is -0.0954. The second-order valence-electron chi connectivity index (χ2n) is 5.19. The molecule has 1 aromatic carbocycles. The van der Waals surface area contributed by atoms with Gasteiger partial charge in [-0.15, -0.1) is 0 Å². The van der Waals surface area contributed by atoms with Crippen LogP contribution in [-0.4, -0.2) is 43.7 Å². The summed E-state index contributed by atoms with van der Waals surface area (Å²) < 4.78 is 10.6.